The number of fused-ring (bicyclic) bond motifs is 1. The summed E-state index contributed by atoms with van der Waals surface area (Å²) in [5.74, 6) is -1.67. The second-order valence-corrected chi connectivity index (χ2v) is 6.66. The van der Waals surface area contributed by atoms with Crippen LogP contribution in [0.1, 0.15) is 32.7 Å². The third-order valence-electron chi connectivity index (χ3n) is 4.57. The standard InChI is InChI=1S/C21H19F3N2O5/c1-30-10-11-31-17-7-6-13(21(22,23)24)12-16(17)25-18(27)8-9-26-19(28)14-4-2-3-5-15(14)20(26)29/h2-7,12H,8-11H2,1H3,(H,25,27). The number of nitrogens with one attached hydrogen (secondary N) is 1. The van der Waals surface area contributed by atoms with Crippen LogP contribution in [0.4, 0.5) is 18.9 Å². The predicted molar refractivity (Wildman–Crippen MR) is 104 cm³/mol. The van der Waals surface area contributed by atoms with Gasteiger partial charge < -0.3 is 14.8 Å². The van der Waals surface area contributed by atoms with Gasteiger partial charge >= 0.3 is 6.18 Å². The van der Waals surface area contributed by atoms with Gasteiger partial charge in [0.15, 0.2) is 0 Å². The molecule has 10 heteroatoms. The normalized spacial score (nSPS) is 13.4. The highest BCUT2D eigenvalue weighted by Crippen LogP contribution is 2.35. The Hall–Kier alpha value is -3.40. The van der Waals surface area contributed by atoms with Crippen molar-refractivity contribution in [2.24, 2.45) is 0 Å². The van der Waals surface area contributed by atoms with E-state index in [2.05, 4.69) is 5.32 Å². The number of ether oxygens (including phenoxy) is 2. The molecule has 3 amide bonds. The number of carbonyl (C=O) groups excluding carboxylic acids is 3. The van der Waals surface area contributed by atoms with E-state index in [1.54, 1.807) is 12.1 Å². The van der Waals surface area contributed by atoms with E-state index in [9.17, 15) is 27.6 Å². The Kier molecular flexibility index (Phi) is 6.59. The predicted octanol–water partition coefficient (Wildman–Crippen LogP) is 3.36. The topological polar surface area (TPSA) is 84.9 Å². The lowest BCUT2D eigenvalue weighted by Crippen LogP contribution is -2.33. The maximum Gasteiger partial charge on any atom is 0.416 e. The first-order valence-electron chi connectivity index (χ1n) is 9.30. The van der Waals surface area contributed by atoms with Gasteiger partial charge in [-0.15, -0.1) is 0 Å². The summed E-state index contributed by atoms with van der Waals surface area (Å²) in [6, 6.07) is 9.00. The van der Waals surface area contributed by atoms with Crippen LogP contribution >= 0.6 is 0 Å². The number of nitrogens with zero attached hydrogens (tertiary/aromatic N) is 1. The van der Waals surface area contributed by atoms with Gasteiger partial charge in [0.2, 0.25) is 5.91 Å². The van der Waals surface area contributed by atoms with Gasteiger partial charge in [-0.05, 0) is 30.3 Å². The Morgan fingerprint density at radius 2 is 1.68 bits per heavy atom. The Balaban J connectivity index is 1.69. The number of imide groups is 1. The van der Waals surface area contributed by atoms with Crippen LogP contribution < -0.4 is 10.1 Å². The summed E-state index contributed by atoms with van der Waals surface area (Å²) in [5.41, 5.74) is -0.625. The largest absolute Gasteiger partial charge is 0.489 e. The molecule has 0 fully saturated rings. The molecule has 7 nitrogen and oxygen atoms in total. The van der Waals surface area contributed by atoms with Gasteiger partial charge in [-0.25, -0.2) is 0 Å². The number of hydrogen-bond donors (Lipinski definition) is 1. The molecule has 0 saturated heterocycles. The molecule has 2 aromatic carbocycles. The lowest BCUT2D eigenvalue weighted by molar-refractivity contribution is -0.137. The van der Waals surface area contributed by atoms with E-state index in [0.29, 0.717) is 0 Å². The molecule has 0 saturated carbocycles. The second-order valence-electron chi connectivity index (χ2n) is 6.66. The Labute approximate surface area is 175 Å². The van der Waals surface area contributed by atoms with Gasteiger partial charge in [0.05, 0.1) is 29.0 Å². The number of alkyl halides is 3. The number of carbonyl (C=O) groups is 3. The highest BCUT2D eigenvalue weighted by Gasteiger charge is 2.35. The molecule has 1 aliphatic rings. The third kappa shape index (κ3) is 5.02. The van der Waals surface area contributed by atoms with E-state index in [0.717, 1.165) is 23.1 Å². The lowest BCUT2D eigenvalue weighted by Gasteiger charge is -2.16. The molecule has 0 aliphatic carbocycles. The number of methoxy groups -OCH3 is 1. The summed E-state index contributed by atoms with van der Waals surface area (Å²) in [6.45, 7) is 0.0604. The summed E-state index contributed by atoms with van der Waals surface area (Å²) in [5, 5.41) is 2.37. The Morgan fingerprint density at radius 1 is 1.03 bits per heavy atom. The SMILES string of the molecule is COCCOc1ccc(C(F)(F)F)cc1NC(=O)CCN1C(=O)c2ccccc2C1=O. The first-order valence-corrected chi connectivity index (χ1v) is 9.30. The minimum Gasteiger partial charge on any atom is -0.489 e. The van der Waals surface area contributed by atoms with Crippen molar-refractivity contribution in [2.75, 3.05) is 32.2 Å². The summed E-state index contributed by atoms with van der Waals surface area (Å²) >= 11 is 0. The zero-order valence-corrected chi connectivity index (χ0v) is 16.5. The van der Waals surface area contributed by atoms with Gasteiger partial charge in [0.25, 0.3) is 11.8 Å². The zero-order valence-electron chi connectivity index (χ0n) is 16.5. The number of halogens is 3. The molecule has 0 unspecified atom stereocenters. The molecule has 31 heavy (non-hydrogen) atoms. The quantitative estimate of drug-likeness (QED) is 0.507. The summed E-state index contributed by atoms with van der Waals surface area (Å²) in [7, 11) is 1.44. The van der Waals surface area contributed by atoms with Crippen molar-refractivity contribution in [3.05, 3.63) is 59.2 Å². The van der Waals surface area contributed by atoms with Crippen molar-refractivity contribution >= 4 is 23.4 Å². The average Bonchev–Trinajstić information content (AvgIpc) is 2.97. The summed E-state index contributed by atoms with van der Waals surface area (Å²) in [4.78, 5) is 38.0. The molecule has 1 N–H and O–H groups in total. The van der Waals surface area contributed by atoms with Gasteiger partial charge in [-0.2, -0.15) is 13.2 Å². The van der Waals surface area contributed by atoms with Gasteiger partial charge in [-0.1, -0.05) is 12.1 Å². The summed E-state index contributed by atoms with van der Waals surface area (Å²) in [6.07, 6.45) is -4.90. The molecule has 2 aromatic rings. The maximum absolute atomic E-state index is 13.1. The van der Waals surface area contributed by atoms with Crippen LogP contribution in [0.25, 0.3) is 0 Å². The molecule has 0 radical (unpaired) electrons. The number of amides is 3. The lowest BCUT2D eigenvalue weighted by atomic mass is 10.1. The Bertz CT molecular complexity index is 972. The molecular weight excluding hydrogens is 417 g/mol. The van der Waals surface area contributed by atoms with Crippen molar-refractivity contribution in [3.8, 4) is 5.75 Å². The fraction of sp³-hybridized carbons (Fsp3) is 0.286. The van der Waals surface area contributed by atoms with E-state index < -0.39 is 29.5 Å². The fourth-order valence-corrected chi connectivity index (χ4v) is 3.03. The van der Waals surface area contributed by atoms with Crippen LogP contribution in [0.5, 0.6) is 5.75 Å². The molecule has 1 aliphatic heterocycles. The van der Waals surface area contributed by atoms with Crippen molar-refractivity contribution < 1.29 is 37.0 Å². The van der Waals surface area contributed by atoms with Crippen molar-refractivity contribution in [1.82, 2.24) is 4.90 Å². The monoisotopic (exact) mass is 436 g/mol. The minimum absolute atomic E-state index is 0.0409. The van der Waals surface area contributed by atoms with Crippen molar-refractivity contribution in [1.29, 1.82) is 0 Å². The van der Waals surface area contributed by atoms with Gasteiger partial charge in [0.1, 0.15) is 12.4 Å². The molecule has 0 aromatic heterocycles. The third-order valence-corrected chi connectivity index (χ3v) is 4.57. The van der Waals surface area contributed by atoms with Crippen LogP contribution in [-0.2, 0) is 15.7 Å². The van der Waals surface area contributed by atoms with Crippen LogP contribution in [0.2, 0.25) is 0 Å². The molecule has 1 heterocycles. The van der Waals surface area contributed by atoms with E-state index >= 15 is 0 Å². The van der Waals surface area contributed by atoms with Gasteiger partial charge in [-0.3, -0.25) is 19.3 Å². The van der Waals surface area contributed by atoms with E-state index in [1.807, 2.05) is 0 Å². The molecule has 0 bridgehead atoms. The fourth-order valence-electron chi connectivity index (χ4n) is 3.03. The van der Waals surface area contributed by atoms with Crippen LogP contribution in [0.15, 0.2) is 42.5 Å². The molecule has 3 rings (SSSR count). The van der Waals surface area contributed by atoms with Crippen LogP contribution in [0, 0.1) is 0 Å². The molecule has 164 valence electrons. The molecule has 0 atom stereocenters. The van der Waals surface area contributed by atoms with Crippen LogP contribution in [-0.4, -0.2) is 49.5 Å². The smallest absolute Gasteiger partial charge is 0.416 e. The zero-order chi connectivity index (χ0) is 22.6. The Morgan fingerprint density at radius 3 is 2.26 bits per heavy atom. The maximum atomic E-state index is 13.1. The van der Waals surface area contributed by atoms with Gasteiger partial charge in [0, 0.05) is 20.1 Å². The first kappa shape index (κ1) is 22.3. The van der Waals surface area contributed by atoms with E-state index in [-0.39, 0.29) is 48.7 Å². The van der Waals surface area contributed by atoms with E-state index in [4.69, 9.17) is 9.47 Å². The molecular formula is C21H19F3N2O5. The highest BCUT2D eigenvalue weighted by molar-refractivity contribution is 6.21. The number of hydrogen-bond acceptors (Lipinski definition) is 5. The number of benzene rings is 2. The number of rotatable bonds is 8. The average molecular weight is 436 g/mol. The van der Waals surface area contributed by atoms with Crippen LogP contribution in [0.3, 0.4) is 0 Å². The molecule has 0 spiro atoms. The summed E-state index contributed by atoms with van der Waals surface area (Å²) < 4.78 is 49.4. The minimum atomic E-state index is -4.61. The second kappa shape index (κ2) is 9.17. The number of anilines is 1. The van der Waals surface area contributed by atoms with Crippen molar-refractivity contribution in [2.45, 2.75) is 12.6 Å². The first-order chi connectivity index (χ1) is 14.7. The van der Waals surface area contributed by atoms with Crippen molar-refractivity contribution in [3.63, 3.8) is 0 Å². The highest BCUT2D eigenvalue weighted by atomic mass is 19.4. The van der Waals surface area contributed by atoms with E-state index in [1.165, 1.54) is 19.2 Å².